The number of likely N-dealkylation sites (tertiary alicyclic amines) is 1. The van der Waals surface area contributed by atoms with Crippen LogP contribution in [0.4, 0.5) is 4.79 Å². The summed E-state index contributed by atoms with van der Waals surface area (Å²) >= 11 is 0. The number of carboxylic acid groups (broad SMARTS) is 1. The Kier molecular flexibility index (Phi) is 9.95. The first-order chi connectivity index (χ1) is 20.5. The molecule has 7 nitrogen and oxygen atoms in total. The van der Waals surface area contributed by atoms with Crippen LogP contribution >= 0.6 is 0 Å². The smallest absolute Gasteiger partial charge is 0.407 e. The molecule has 0 saturated carbocycles. The second-order valence-electron chi connectivity index (χ2n) is 10.9. The number of rotatable bonds is 12. The summed E-state index contributed by atoms with van der Waals surface area (Å²) in [7, 11) is 3.77. The monoisotopic (exact) mass is 568 g/mol. The molecule has 0 radical (unpaired) electrons. The van der Waals surface area contributed by atoms with Gasteiger partial charge in [0.2, 0.25) is 0 Å². The molecule has 7 heteroatoms. The molecule has 42 heavy (non-hydrogen) atoms. The maximum Gasteiger partial charge on any atom is 0.407 e. The summed E-state index contributed by atoms with van der Waals surface area (Å²) in [5, 5.41) is 12.2. The quantitative estimate of drug-likeness (QED) is 0.190. The summed E-state index contributed by atoms with van der Waals surface area (Å²) in [5.74, 6) is 1.89. The normalized spacial score (nSPS) is 17.0. The zero-order valence-electron chi connectivity index (χ0n) is 24.4. The molecule has 0 aliphatic carbocycles. The highest BCUT2D eigenvalue weighted by atomic mass is 16.5. The summed E-state index contributed by atoms with van der Waals surface area (Å²) < 4.78 is 17.2. The van der Waals surface area contributed by atoms with E-state index >= 15 is 0 Å². The second kappa shape index (κ2) is 14.2. The maximum absolute atomic E-state index is 11.9. The van der Waals surface area contributed by atoms with Crippen LogP contribution in [0.1, 0.15) is 35.4 Å². The van der Waals surface area contributed by atoms with Crippen molar-refractivity contribution in [3.8, 4) is 11.5 Å². The van der Waals surface area contributed by atoms with E-state index in [-0.39, 0.29) is 12.0 Å². The lowest BCUT2D eigenvalue weighted by atomic mass is 9.84. The van der Waals surface area contributed by atoms with E-state index < -0.39 is 6.09 Å². The van der Waals surface area contributed by atoms with E-state index in [9.17, 15) is 9.90 Å². The second-order valence-corrected chi connectivity index (χ2v) is 10.9. The summed E-state index contributed by atoms with van der Waals surface area (Å²) in [6, 6.07) is 31.2. The summed E-state index contributed by atoms with van der Waals surface area (Å²) in [6.07, 6.45) is 0.711. The summed E-state index contributed by atoms with van der Waals surface area (Å²) in [6.45, 7) is 3.45. The van der Waals surface area contributed by atoms with Crippen LogP contribution < -0.4 is 9.47 Å². The van der Waals surface area contributed by atoms with Gasteiger partial charge in [0.15, 0.2) is 0 Å². The first-order valence-electron chi connectivity index (χ1n) is 14.6. The van der Waals surface area contributed by atoms with Crippen molar-refractivity contribution in [2.75, 3.05) is 40.5 Å². The molecule has 1 amide bonds. The van der Waals surface area contributed by atoms with Crippen molar-refractivity contribution in [2.45, 2.75) is 38.0 Å². The van der Waals surface area contributed by atoms with Gasteiger partial charge >= 0.3 is 6.09 Å². The molecular weight excluding hydrogens is 528 g/mol. The minimum Gasteiger partial charge on any atom is -0.496 e. The number of para-hydroxylation sites is 1. The Bertz CT molecular complexity index is 1460. The van der Waals surface area contributed by atoms with Gasteiger partial charge in [-0.05, 0) is 59.6 Å². The Balaban J connectivity index is 1.16. The van der Waals surface area contributed by atoms with Crippen molar-refractivity contribution < 1.29 is 24.1 Å². The minimum absolute atomic E-state index is 0.0634. The molecule has 0 bridgehead atoms. The van der Waals surface area contributed by atoms with Crippen LogP contribution in [-0.2, 0) is 17.9 Å². The molecule has 1 aliphatic heterocycles. The van der Waals surface area contributed by atoms with Gasteiger partial charge in [-0.3, -0.25) is 4.90 Å². The van der Waals surface area contributed by atoms with E-state index in [1.54, 1.807) is 12.0 Å². The van der Waals surface area contributed by atoms with E-state index in [4.69, 9.17) is 14.2 Å². The first kappa shape index (κ1) is 29.4. The van der Waals surface area contributed by atoms with E-state index in [1.807, 2.05) is 36.4 Å². The number of carbonyl (C=O) groups is 1. The van der Waals surface area contributed by atoms with Crippen molar-refractivity contribution in [1.82, 2.24) is 9.80 Å². The van der Waals surface area contributed by atoms with Gasteiger partial charge in [-0.15, -0.1) is 0 Å². The molecule has 1 N–H and O–H groups in total. The molecule has 0 aromatic heterocycles. The number of nitrogens with zero attached hydrogens (tertiary/aromatic N) is 2. The van der Waals surface area contributed by atoms with E-state index in [1.165, 1.54) is 21.9 Å². The van der Waals surface area contributed by atoms with Gasteiger partial charge < -0.3 is 24.2 Å². The molecule has 1 heterocycles. The Morgan fingerprint density at radius 1 is 0.952 bits per heavy atom. The third-order valence-electron chi connectivity index (χ3n) is 8.12. The number of ether oxygens (including phenoxy) is 3. The number of piperidine rings is 1. The highest BCUT2D eigenvalue weighted by molar-refractivity contribution is 5.83. The van der Waals surface area contributed by atoms with Gasteiger partial charge in [0.25, 0.3) is 0 Å². The molecule has 2 atom stereocenters. The van der Waals surface area contributed by atoms with E-state index in [2.05, 4.69) is 66.5 Å². The molecular formula is C35H40N2O5. The topological polar surface area (TPSA) is 71.5 Å². The van der Waals surface area contributed by atoms with Crippen LogP contribution in [0.25, 0.3) is 10.8 Å². The van der Waals surface area contributed by atoms with Crippen LogP contribution in [0.3, 0.4) is 0 Å². The van der Waals surface area contributed by atoms with Gasteiger partial charge in [0.05, 0.1) is 26.9 Å². The van der Waals surface area contributed by atoms with Gasteiger partial charge in [0, 0.05) is 43.6 Å². The minimum atomic E-state index is -0.854. The van der Waals surface area contributed by atoms with Crippen molar-refractivity contribution in [1.29, 1.82) is 0 Å². The molecule has 5 rings (SSSR count). The highest BCUT2D eigenvalue weighted by Gasteiger charge is 2.35. The van der Waals surface area contributed by atoms with Crippen molar-refractivity contribution in [3.63, 3.8) is 0 Å². The average Bonchev–Trinajstić information content (AvgIpc) is 3.02. The molecule has 4 aromatic carbocycles. The zero-order chi connectivity index (χ0) is 29.3. The number of methoxy groups -OCH3 is 1. The third-order valence-corrected chi connectivity index (χ3v) is 8.12. The highest BCUT2D eigenvalue weighted by Crippen LogP contribution is 2.33. The van der Waals surface area contributed by atoms with Crippen LogP contribution in [0.5, 0.6) is 11.5 Å². The fourth-order valence-corrected chi connectivity index (χ4v) is 5.85. The molecule has 220 valence electrons. The lowest BCUT2D eigenvalue weighted by Gasteiger charge is -2.42. The van der Waals surface area contributed by atoms with Crippen LogP contribution in [0.15, 0.2) is 91.0 Å². The summed E-state index contributed by atoms with van der Waals surface area (Å²) in [4.78, 5) is 15.7. The average molecular weight is 569 g/mol. The van der Waals surface area contributed by atoms with Crippen molar-refractivity contribution in [2.24, 2.45) is 0 Å². The van der Waals surface area contributed by atoms with E-state index in [0.29, 0.717) is 32.9 Å². The predicted octanol–water partition coefficient (Wildman–Crippen LogP) is 6.80. The van der Waals surface area contributed by atoms with Crippen LogP contribution in [-0.4, -0.2) is 67.5 Å². The van der Waals surface area contributed by atoms with Crippen molar-refractivity contribution in [3.05, 3.63) is 108 Å². The maximum atomic E-state index is 11.9. The Morgan fingerprint density at radius 3 is 2.50 bits per heavy atom. The fourth-order valence-electron chi connectivity index (χ4n) is 5.85. The van der Waals surface area contributed by atoms with Crippen LogP contribution in [0.2, 0.25) is 0 Å². The Hall–Kier alpha value is -4.07. The SMILES string of the molecule is COc1ccccc1COCCCOc1ccc(C2CCN(C(=O)O)CC2N(C)Cc2ccc3ccccc3c2)cc1. The number of benzene rings is 4. The zero-order valence-corrected chi connectivity index (χ0v) is 24.4. The number of amides is 1. The van der Waals surface area contributed by atoms with Gasteiger partial charge in [-0.25, -0.2) is 4.79 Å². The molecule has 1 saturated heterocycles. The van der Waals surface area contributed by atoms with Gasteiger partial charge in [0.1, 0.15) is 11.5 Å². The summed E-state index contributed by atoms with van der Waals surface area (Å²) in [5.41, 5.74) is 3.47. The molecule has 0 spiro atoms. The van der Waals surface area contributed by atoms with Crippen LogP contribution in [0, 0.1) is 0 Å². The van der Waals surface area contributed by atoms with Gasteiger partial charge in [-0.2, -0.15) is 0 Å². The molecule has 1 fully saturated rings. The number of fused-ring (bicyclic) bond motifs is 1. The standard InChI is InChI=1S/C35H40N2O5/c1-36(23-26-12-13-27-8-3-4-9-29(27)22-26)33-24-37(35(38)39)19-18-32(33)28-14-16-31(17-15-28)42-21-7-20-41-25-30-10-5-6-11-34(30)40-2/h3-6,8-17,22,32-33H,7,18-21,23-25H2,1-2H3,(H,38,39). The third kappa shape index (κ3) is 7.41. The first-order valence-corrected chi connectivity index (χ1v) is 14.6. The Labute approximate surface area is 248 Å². The Morgan fingerprint density at radius 2 is 1.71 bits per heavy atom. The van der Waals surface area contributed by atoms with Crippen molar-refractivity contribution >= 4 is 16.9 Å². The lowest BCUT2D eigenvalue weighted by Crippen LogP contribution is -2.51. The molecule has 4 aromatic rings. The number of hydrogen-bond acceptors (Lipinski definition) is 5. The largest absolute Gasteiger partial charge is 0.496 e. The molecule has 1 aliphatic rings. The van der Waals surface area contributed by atoms with Gasteiger partial charge in [-0.1, -0.05) is 66.7 Å². The number of likely N-dealkylation sites (N-methyl/N-ethyl adjacent to an activating group) is 1. The fraction of sp³-hybridized carbons (Fsp3) is 0.343. The van der Waals surface area contributed by atoms with E-state index in [0.717, 1.165) is 36.4 Å². The number of hydrogen-bond donors (Lipinski definition) is 1. The predicted molar refractivity (Wildman–Crippen MR) is 165 cm³/mol. The lowest BCUT2D eigenvalue weighted by molar-refractivity contribution is 0.0824. The molecule has 2 unspecified atom stereocenters.